The molecular weight excluding hydrogens is 753 g/mol. The van der Waals surface area contributed by atoms with E-state index < -0.39 is 51.1 Å². The normalized spacial score (nSPS) is 19.1. The highest BCUT2D eigenvalue weighted by Gasteiger charge is 2.50. The molecule has 2 saturated heterocycles. The summed E-state index contributed by atoms with van der Waals surface area (Å²) in [6.07, 6.45) is 3.46. The van der Waals surface area contributed by atoms with Crippen molar-refractivity contribution < 1.29 is 35.4 Å². The van der Waals surface area contributed by atoms with Gasteiger partial charge in [0.25, 0.3) is 9.28 Å². The van der Waals surface area contributed by atoms with Crippen LogP contribution in [-0.2, 0) is 35.4 Å². The van der Waals surface area contributed by atoms with E-state index in [1.807, 2.05) is 0 Å². The minimum atomic E-state index is -2.29. The lowest BCUT2D eigenvalue weighted by atomic mass is 10.2. The average Bonchev–Trinajstić information content (AvgIpc) is 3.82. The highest BCUT2D eigenvalue weighted by Crippen LogP contribution is 2.44. The molecule has 2 heterocycles. The minimum absolute atomic E-state index is 0.192. The summed E-state index contributed by atoms with van der Waals surface area (Å²) in [4.78, 5) is 0. The summed E-state index contributed by atoms with van der Waals surface area (Å²) in [5, 5.41) is 0.922. The Kier molecular flexibility index (Phi) is 20.7. The van der Waals surface area contributed by atoms with Gasteiger partial charge in [-0.15, -0.1) is 6.58 Å². The van der Waals surface area contributed by atoms with E-state index in [0.717, 1.165) is 45.5 Å². The predicted octanol–water partition coefficient (Wildman–Crippen LogP) is 11.4. The standard InChI is InChI=1S/C19H44O4Si3.C13H34O2Si3.C6H10O2/c1-18(2,3)24(7,8)22-26(11,23-25(9,10)19(4,5)6)14-12-13-20-15-17-16-21-17;1-12(2,3)17(8,9)14-16(7)15-18(10,11)13(4,5)6;1-2-3-7-4-6-5-8-6/h17H,12-16H2,1-11H3;16H,1-11H3;2,6H,1,3-5H2. The highest BCUT2D eigenvalue weighted by atomic mass is 28.5. The van der Waals surface area contributed by atoms with Gasteiger partial charge in [0.15, 0.2) is 33.3 Å². The summed E-state index contributed by atoms with van der Waals surface area (Å²) in [6.45, 7) is 58.7. The third kappa shape index (κ3) is 20.2. The van der Waals surface area contributed by atoms with Gasteiger partial charge in [-0.1, -0.05) is 89.2 Å². The molecule has 2 rings (SSSR count). The Hall–Kier alpha value is 0.721. The van der Waals surface area contributed by atoms with Gasteiger partial charge in [-0.2, -0.15) is 0 Å². The fraction of sp³-hybridized carbons (Fsp3) is 0.947. The van der Waals surface area contributed by atoms with Gasteiger partial charge in [-0.05, 0) is 98.1 Å². The van der Waals surface area contributed by atoms with Crippen LogP contribution in [0.15, 0.2) is 12.7 Å². The van der Waals surface area contributed by atoms with E-state index in [0.29, 0.717) is 18.8 Å². The molecule has 0 N–H and O–H groups in total. The van der Waals surface area contributed by atoms with Crippen LogP contribution in [0.5, 0.6) is 0 Å². The van der Waals surface area contributed by atoms with Gasteiger partial charge in [-0.3, -0.25) is 0 Å². The number of hydrogen-bond donors (Lipinski definition) is 0. The molecule has 0 radical (unpaired) electrons. The Balaban J connectivity index is 0.000000858. The molecule has 2 aliphatic heterocycles. The first-order chi connectivity index (χ1) is 23.0. The quantitative estimate of drug-likeness (QED) is 0.0584. The molecule has 0 amide bonds. The first-order valence-corrected chi connectivity index (χ1v) is 36.0. The topological polar surface area (TPSA) is 80.4 Å². The van der Waals surface area contributed by atoms with Crippen molar-refractivity contribution in [3.05, 3.63) is 12.7 Å². The van der Waals surface area contributed by atoms with Crippen molar-refractivity contribution in [2.45, 2.75) is 193 Å². The molecule has 2 atom stereocenters. The fourth-order valence-corrected chi connectivity index (χ4v) is 27.4. The van der Waals surface area contributed by atoms with Gasteiger partial charge in [0.2, 0.25) is 0 Å². The third-order valence-corrected chi connectivity index (χ3v) is 42.3. The van der Waals surface area contributed by atoms with Crippen molar-refractivity contribution in [3.63, 3.8) is 0 Å². The van der Waals surface area contributed by atoms with E-state index in [1.54, 1.807) is 6.08 Å². The van der Waals surface area contributed by atoms with Crippen LogP contribution in [0, 0.1) is 0 Å². The summed E-state index contributed by atoms with van der Waals surface area (Å²) < 4.78 is 47.7. The smallest absolute Gasteiger partial charge is 0.314 e. The van der Waals surface area contributed by atoms with Crippen LogP contribution in [-0.4, -0.2) is 103 Å². The van der Waals surface area contributed by atoms with Crippen LogP contribution in [0.25, 0.3) is 0 Å². The van der Waals surface area contributed by atoms with Crippen molar-refractivity contribution >= 4 is 51.1 Å². The Bertz CT molecular complexity index is 978. The predicted molar refractivity (Wildman–Crippen MR) is 238 cm³/mol. The first-order valence-electron chi connectivity index (χ1n) is 19.8. The van der Waals surface area contributed by atoms with Gasteiger partial charge in [0.05, 0.1) is 33.0 Å². The molecule has 8 nitrogen and oxygen atoms in total. The molecule has 0 aromatic rings. The SMILES string of the molecule is C=CCOCC1CO1.CC(C)(C)[Si](C)(C)O[Si](C)(CCCOCC1CO1)O[Si](C)(C)C(C)(C)C.C[SiH](O[Si](C)(C)C(C)(C)C)O[Si](C)(C)C(C)(C)C. The second-order valence-corrected chi connectivity index (χ2v) is 46.6. The summed E-state index contributed by atoms with van der Waals surface area (Å²) in [5.74, 6) is 0. The number of ether oxygens (including phenoxy) is 4. The molecule has 52 heavy (non-hydrogen) atoms. The van der Waals surface area contributed by atoms with E-state index in [4.69, 9.17) is 35.4 Å². The molecule has 312 valence electrons. The van der Waals surface area contributed by atoms with Crippen LogP contribution >= 0.6 is 0 Å². The van der Waals surface area contributed by atoms with E-state index in [1.165, 1.54) is 0 Å². The van der Waals surface area contributed by atoms with Crippen molar-refractivity contribution in [1.82, 2.24) is 0 Å². The van der Waals surface area contributed by atoms with Crippen molar-refractivity contribution in [2.24, 2.45) is 0 Å². The lowest BCUT2D eigenvalue weighted by molar-refractivity contribution is 0.116. The van der Waals surface area contributed by atoms with Crippen LogP contribution in [0.1, 0.15) is 89.5 Å². The van der Waals surface area contributed by atoms with Gasteiger partial charge >= 0.3 is 8.56 Å². The number of epoxide rings is 2. The van der Waals surface area contributed by atoms with Crippen LogP contribution in [0.3, 0.4) is 0 Å². The van der Waals surface area contributed by atoms with Crippen LogP contribution < -0.4 is 0 Å². The average molecular weight is 842 g/mol. The highest BCUT2D eigenvalue weighted by molar-refractivity contribution is 6.90. The third-order valence-electron chi connectivity index (χ3n) is 11.7. The maximum Gasteiger partial charge on any atom is 0.314 e. The monoisotopic (exact) mass is 841 g/mol. The molecule has 0 saturated carbocycles. The van der Waals surface area contributed by atoms with Crippen LogP contribution in [0.2, 0.25) is 91.7 Å². The fourth-order valence-electron chi connectivity index (χ4n) is 4.04. The Labute approximate surface area is 330 Å². The molecule has 0 aromatic carbocycles. The molecule has 0 bridgehead atoms. The molecule has 0 spiro atoms. The molecule has 2 aliphatic rings. The van der Waals surface area contributed by atoms with E-state index in [9.17, 15) is 0 Å². The summed E-state index contributed by atoms with van der Waals surface area (Å²) in [6, 6.07) is 0.998. The van der Waals surface area contributed by atoms with Gasteiger partial charge < -0.3 is 35.4 Å². The van der Waals surface area contributed by atoms with Crippen molar-refractivity contribution in [1.29, 1.82) is 0 Å². The summed E-state index contributed by atoms with van der Waals surface area (Å²) in [7, 11) is -10.9. The summed E-state index contributed by atoms with van der Waals surface area (Å²) in [5.41, 5.74) is 0. The minimum Gasteiger partial charge on any atom is -0.438 e. The number of rotatable bonds is 18. The second kappa shape index (κ2) is 20.4. The lowest BCUT2D eigenvalue weighted by Gasteiger charge is -2.48. The van der Waals surface area contributed by atoms with E-state index in [2.05, 4.69) is 155 Å². The lowest BCUT2D eigenvalue weighted by Crippen LogP contribution is -2.58. The zero-order valence-corrected chi connectivity index (χ0v) is 44.6. The second-order valence-electron chi connectivity index (χ2n) is 21.1. The number of hydrogen-bond acceptors (Lipinski definition) is 8. The Morgan fingerprint density at radius 1 is 0.596 bits per heavy atom. The largest absolute Gasteiger partial charge is 0.438 e. The Morgan fingerprint density at radius 2 is 0.923 bits per heavy atom. The molecule has 0 aliphatic carbocycles. The van der Waals surface area contributed by atoms with Crippen molar-refractivity contribution in [2.75, 3.05) is 39.6 Å². The Morgan fingerprint density at radius 3 is 1.21 bits per heavy atom. The van der Waals surface area contributed by atoms with Gasteiger partial charge in [-0.25, -0.2) is 0 Å². The van der Waals surface area contributed by atoms with Gasteiger partial charge in [0.1, 0.15) is 12.2 Å². The van der Waals surface area contributed by atoms with E-state index >= 15 is 0 Å². The first kappa shape index (κ1) is 52.7. The summed E-state index contributed by atoms with van der Waals surface area (Å²) >= 11 is 0. The maximum atomic E-state index is 6.97. The molecule has 0 aromatic heterocycles. The zero-order chi connectivity index (χ0) is 41.3. The molecule has 2 fully saturated rings. The van der Waals surface area contributed by atoms with Crippen LogP contribution in [0.4, 0.5) is 0 Å². The van der Waals surface area contributed by atoms with Gasteiger partial charge in [0, 0.05) is 6.61 Å². The molecule has 2 unspecified atom stereocenters. The molecular formula is C38H88O8Si6. The van der Waals surface area contributed by atoms with Crippen molar-refractivity contribution in [3.8, 4) is 0 Å². The zero-order valence-electron chi connectivity index (χ0n) is 38.4. The van der Waals surface area contributed by atoms with E-state index in [-0.39, 0.29) is 20.2 Å². The molecule has 14 heteroatoms. The maximum absolute atomic E-state index is 6.97.